The Hall–Kier alpha value is -3.09. The van der Waals surface area contributed by atoms with Crippen LogP contribution in [0.15, 0.2) is 47.8 Å². The lowest BCUT2D eigenvalue weighted by Crippen LogP contribution is -2.16. The Balaban J connectivity index is 2.15. The van der Waals surface area contributed by atoms with Crippen LogP contribution < -0.4 is 16.8 Å². The first-order valence-electron chi connectivity index (χ1n) is 5.71. The van der Waals surface area contributed by atoms with Gasteiger partial charge in [0.2, 0.25) is 0 Å². The molecule has 6 N–H and O–H groups in total. The molecule has 1 heterocycles. The Morgan fingerprint density at radius 1 is 1.25 bits per heavy atom. The van der Waals surface area contributed by atoms with Gasteiger partial charge in [-0.15, -0.1) is 0 Å². The number of carbonyl (C=O) groups is 1. The first kappa shape index (κ1) is 13.3. The first-order chi connectivity index (χ1) is 9.61. The summed E-state index contributed by atoms with van der Waals surface area (Å²) in [6.45, 7) is 0. The molecule has 2 aromatic rings. The Morgan fingerprint density at radius 3 is 2.60 bits per heavy atom. The highest BCUT2D eigenvalue weighted by Gasteiger charge is 2.09. The van der Waals surface area contributed by atoms with Gasteiger partial charge in [0.1, 0.15) is 5.69 Å². The van der Waals surface area contributed by atoms with E-state index in [2.05, 4.69) is 15.5 Å². The molecule has 20 heavy (non-hydrogen) atoms. The lowest BCUT2D eigenvalue weighted by molar-refractivity contribution is 0.102. The van der Waals surface area contributed by atoms with E-state index in [0.29, 0.717) is 22.6 Å². The Bertz CT molecular complexity index is 652. The van der Waals surface area contributed by atoms with Crippen molar-refractivity contribution in [3.63, 3.8) is 0 Å². The number of hydrogen-bond acceptors (Lipinski definition) is 5. The van der Waals surface area contributed by atoms with Gasteiger partial charge in [-0.2, -0.15) is 0 Å². The number of carbonyl (C=O) groups excluding carboxylic acids is 1. The van der Waals surface area contributed by atoms with Crippen LogP contribution in [0.2, 0.25) is 0 Å². The van der Waals surface area contributed by atoms with Crippen LogP contribution in [0.25, 0.3) is 0 Å². The molecule has 7 nitrogen and oxygen atoms in total. The Morgan fingerprint density at radius 2 is 2.00 bits per heavy atom. The topological polar surface area (TPSA) is 127 Å². The maximum Gasteiger partial charge on any atom is 0.257 e. The standard InChI is InChI=1S/C13H13N5O2/c14-10-4-2-1-3-9(10)13(19)17-8-5-6-11(16-7-8)12(15)18-20/h1-7,20H,14H2,(H2,15,18)(H,17,19). The number of amides is 1. The fourth-order valence-electron chi connectivity index (χ4n) is 1.57. The predicted molar refractivity (Wildman–Crippen MR) is 75.6 cm³/mol. The molecule has 0 spiro atoms. The molecule has 0 aliphatic rings. The van der Waals surface area contributed by atoms with Crippen molar-refractivity contribution in [1.29, 1.82) is 0 Å². The molecule has 0 saturated heterocycles. The molecule has 0 aliphatic carbocycles. The number of benzene rings is 1. The normalized spacial score (nSPS) is 11.1. The molecule has 0 aliphatic heterocycles. The van der Waals surface area contributed by atoms with Crippen LogP contribution in [0.4, 0.5) is 11.4 Å². The summed E-state index contributed by atoms with van der Waals surface area (Å²) in [6, 6.07) is 9.87. The zero-order valence-corrected chi connectivity index (χ0v) is 10.4. The van der Waals surface area contributed by atoms with Crippen LogP contribution >= 0.6 is 0 Å². The average molecular weight is 271 g/mol. The highest BCUT2D eigenvalue weighted by Crippen LogP contribution is 2.14. The van der Waals surface area contributed by atoms with E-state index in [0.717, 1.165) is 0 Å². The maximum atomic E-state index is 12.0. The fraction of sp³-hybridized carbons (Fsp3) is 0. The number of nitrogen functional groups attached to an aromatic ring is 1. The van der Waals surface area contributed by atoms with Gasteiger partial charge >= 0.3 is 0 Å². The zero-order valence-electron chi connectivity index (χ0n) is 10.4. The molecule has 0 bridgehead atoms. The quantitative estimate of drug-likeness (QED) is 0.218. The second-order valence-corrected chi connectivity index (χ2v) is 3.96. The van der Waals surface area contributed by atoms with E-state index in [1.807, 2.05) is 0 Å². The van der Waals surface area contributed by atoms with E-state index in [-0.39, 0.29) is 11.7 Å². The van der Waals surface area contributed by atoms with Crippen molar-refractivity contribution in [2.45, 2.75) is 0 Å². The minimum atomic E-state index is -0.332. The number of oxime groups is 1. The zero-order chi connectivity index (χ0) is 14.5. The van der Waals surface area contributed by atoms with Gasteiger partial charge in [-0.05, 0) is 24.3 Å². The third-order valence-corrected chi connectivity index (χ3v) is 2.60. The number of hydrogen-bond donors (Lipinski definition) is 4. The molecule has 102 valence electrons. The average Bonchev–Trinajstić information content (AvgIpc) is 2.47. The smallest absolute Gasteiger partial charge is 0.257 e. The summed E-state index contributed by atoms with van der Waals surface area (Å²) in [5, 5.41) is 14.0. The Labute approximate surface area is 114 Å². The summed E-state index contributed by atoms with van der Waals surface area (Å²) in [5.74, 6) is -0.434. The van der Waals surface area contributed by atoms with Crippen molar-refractivity contribution in [2.24, 2.45) is 10.9 Å². The van der Waals surface area contributed by atoms with Crippen molar-refractivity contribution in [1.82, 2.24) is 4.98 Å². The number of anilines is 2. The molecule has 0 radical (unpaired) electrons. The minimum absolute atomic E-state index is 0.102. The second-order valence-electron chi connectivity index (χ2n) is 3.96. The molecule has 0 fully saturated rings. The van der Waals surface area contributed by atoms with Crippen LogP contribution in [0, 0.1) is 0 Å². The van der Waals surface area contributed by atoms with Crippen molar-refractivity contribution < 1.29 is 10.0 Å². The molecule has 1 amide bonds. The highest BCUT2D eigenvalue weighted by molar-refractivity contribution is 6.07. The van der Waals surface area contributed by atoms with Gasteiger partial charge in [-0.1, -0.05) is 17.3 Å². The van der Waals surface area contributed by atoms with E-state index in [1.54, 1.807) is 30.3 Å². The lowest BCUT2D eigenvalue weighted by Gasteiger charge is -2.07. The molecule has 7 heteroatoms. The summed E-state index contributed by atoms with van der Waals surface area (Å²) < 4.78 is 0. The predicted octanol–water partition coefficient (Wildman–Crippen LogP) is 1.01. The van der Waals surface area contributed by atoms with E-state index in [4.69, 9.17) is 16.7 Å². The van der Waals surface area contributed by atoms with Crippen molar-refractivity contribution in [3.8, 4) is 0 Å². The maximum absolute atomic E-state index is 12.0. The van der Waals surface area contributed by atoms with Crippen LogP contribution in [-0.2, 0) is 0 Å². The minimum Gasteiger partial charge on any atom is -0.409 e. The monoisotopic (exact) mass is 271 g/mol. The highest BCUT2D eigenvalue weighted by atomic mass is 16.4. The summed E-state index contributed by atoms with van der Waals surface area (Å²) >= 11 is 0. The SMILES string of the molecule is NC(=NO)c1ccc(NC(=O)c2ccccc2N)cn1. The fourth-order valence-corrected chi connectivity index (χ4v) is 1.57. The van der Waals surface area contributed by atoms with Gasteiger partial charge in [0.25, 0.3) is 5.91 Å². The molecule has 0 saturated carbocycles. The molecular weight excluding hydrogens is 258 g/mol. The van der Waals surface area contributed by atoms with Gasteiger partial charge in [-0.25, -0.2) is 0 Å². The molecule has 2 rings (SSSR count). The first-order valence-corrected chi connectivity index (χ1v) is 5.71. The number of aromatic nitrogens is 1. The summed E-state index contributed by atoms with van der Waals surface area (Å²) in [4.78, 5) is 16.0. The van der Waals surface area contributed by atoms with Crippen LogP contribution in [0.1, 0.15) is 16.1 Å². The summed E-state index contributed by atoms with van der Waals surface area (Å²) in [5.41, 5.74) is 12.7. The van der Waals surface area contributed by atoms with Crippen LogP contribution in [-0.4, -0.2) is 21.9 Å². The summed E-state index contributed by atoms with van der Waals surface area (Å²) in [6.07, 6.45) is 1.41. The van der Waals surface area contributed by atoms with E-state index >= 15 is 0 Å². The van der Waals surface area contributed by atoms with Crippen molar-refractivity contribution in [3.05, 3.63) is 53.9 Å². The van der Waals surface area contributed by atoms with Gasteiger partial charge in [0.15, 0.2) is 5.84 Å². The van der Waals surface area contributed by atoms with E-state index in [9.17, 15) is 4.79 Å². The van der Waals surface area contributed by atoms with Gasteiger partial charge < -0.3 is 22.0 Å². The molecule has 0 unspecified atom stereocenters. The molecule has 0 atom stereocenters. The van der Waals surface area contributed by atoms with E-state index in [1.165, 1.54) is 12.3 Å². The largest absolute Gasteiger partial charge is 0.409 e. The van der Waals surface area contributed by atoms with Gasteiger partial charge in [0.05, 0.1) is 17.4 Å². The van der Waals surface area contributed by atoms with Crippen molar-refractivity contribution in [2.75, 3.05) is 11.1 Å². The molecule has 1 aromatic carbocycles. The molecule has 1 aromatic heterocycles. The number of amidine groups is 1. The molecular formula is C13H13N5O2. The second kappa shape index (κ2) is 5.70. The number of pyridine rings is 1. The lowest BCUT2D eigenvalue weighted by atomic mass is 10.1. The van der Waals surface area contributed by atoms with E-state index < -0.39 is 0 Å². The summed E-state index contributed by atoms with van der Waals surface area (Å²) in [7, 11) is 0. The van der Waals surface area contributed by atoms with Gasteiger partial charge in [-0.3, -0.25) is 9.78 Å². The van der Waals surface area contributed by atoms with Crippen molar-refractivity contribution >= 4 is 23.1 Å². The number of nitrogens with two attached hydrogens (primary N) is 2. The third kappa shape index (κ3) is 2.83. The van der Waals surface area contributed by atoms with Gasteiger partial charge in [0, 0.05) is 5.69 Å². The van der Waals surface area contributed by atoms with Crippen LogP contribution in [0.3, 0.4) is 0 Å². The Kier molecular flexibility index (Phi) is 3.80. The van der Waals surface area contributed by atoms with Crippen LogP contribution in [0.5, 0.6) is 0 Å². The number of nitrogens with zero attached hydrogens (tertiary/aromatic N) is 2. The number of nitrogens with one attached hydrogen (secondary N) is 1. The number of para-hydroxylation sites is 1. The number of rotatable bonds is 3. The third-order valence-electron chi connectivity index (χ3n) is 2.60.